The van der Waals surface area contributed by atoms with Gasteiger partial charge in [-0.3, -0.25) is 0 Å². The molecule has 2 heterocycles. The van der Waals surface area contributed by atoms with E-state index < -0.39 is 0 Å². The highest BCUT2D eigenvalue weighted by atomic mass is 19.1. The molecule has 3 nitrogen and oxygen atoms in total. The van der Waals surface area contributed by atoms with Crippen molar-refractivity contribution in [3.63, 3.8) is 0 Å². The molecule has 2 rings (SSSR count). The average molecular weight is 249 g/mol. The number of aromatic nitrogens is 3. The van der Waals surface area contributed by atoms with Gasteiger partial charge in [0.05, 0.1) is 6.20 Å². The monoisotopic (exact) mass is 249 g/mol. The van der Waals surface area contributed by atoms with Crippen LogP contribution in [0.4, 0.5) is 4.39 Å². The summed E-state index contributed by atoms with van der Waals surface area (Å²) in [6, 6.07) is 2.04. The highest BCUT2D eigenvalue weighted by Crippen LogP contribution is 2.26. The second kappa shape index (κ2) is 5.46. The number of fused-ring (bicyclic) bond motifs is 1. The number of hydrogen-bond acceptors (Lipinski definition) is 2. The zero-order valence-electron chi connectivity index (χ0n) is 11.3. The summed E-state index contributed by atoms with van der Waals surface area (Å²) in [5.74, 6) is 0.0877. The third-order valence-corrected chi connectivity index (χ3v) is 3.32. The van der Waals surface area contributed by atoms with Crippen molar-refractivity contribution in [3.8, 4) is 0 Å². The topological polar surface area (TPSA) is 30.2 Å². The van der Waals surface area contributed by atoms with E-state index in [4.69, 9.17) is 0 Å². The Labute approximate surface area is 107 Å². The van der Waals surface area contributed by atoms with Crippen molar-refractivity contribution in [2.45, 2.75) is 52.4 Å². The van der Waals surface area contributed by atoms with Crippen LogP contribution in [0.1, 0.15) is 56.8 Å². The van der Waals surface area contributed by atoms with E-state index in [0.29, 0.717) is 11.6 Å². The fourth-order valence-corrected chi connectivity index (χ4v) is 2.46. The molecule has 0 spiro atoms. The molecule has 0 fully saturated rings. The van der Waals surface area contributed by atoms with E-state index in [2.05, 4.69) is 23.9 Å². The van der Waals surface area contributed by atoms with Crippen molar-refractivity contribution in [1.29, 1.82) is 0 Å². The summed E-state index contributed by atoms with van der Waals surface area (Å²) in [5.41, 5.74) is 2.29. The Bertz CT molecular complexity index is 527. The van der Waals surface area contributed by atoms with Crippen LogP contribution in [0.5, 0.6) is 0 Å². The van der Waals surface area contributed by atoms with Gasteiger partial charge < -0.3 is 0 Å². The second-order valence-electron chi connectivity index (χ2n) is 4.82. The molecule has 0 radical (unpaired) electrons. The Kier molecular flexibility index (Phi) is 3.94. The first-order valence-electron chi connectivity index (χ1n) is 6.68. The van der Waals surface area contributed by atoms with Crippen molar-refractivity contribution >= 4 is 5.65 Å². The third-order valence-electron chi connectivity index (χ3n) is 3.32. The summed E-state index contributed by atoms with van der Waals surface area (Å²) >= 11 is 0. The summed E-state index contributed by atoms with van der Waals surface area (Å²) in [5, 5.41) is 3.99. The Morgan fingerprint density at radius 1 is 1.28 bits per heavy atom. The van der Waals surface area contributed by atoms with E-state index in [1.807, 2.05) is 13.0 Å². The summed E-state index contributed by atoms with van der Waals surface area (Å²) in [6.45, 7) is 6.29. The van der Waals surface area contributed by atoms with E-state index in [0.717, 1.165) is 37.1 Å². The van der Waals surface area contributed by atoms with Crippen LogP contribution in [0.25, 0.3) is 5.65 Å². The highest BCUT2D eigenvalue weighted by Gasteiger charge is 2.15. The van der Waals surface area contributed by atoms with Crippen molar-refractivity contribution in [2.75, 3.05) is 0 Å². The fraction of sp³-hybridized carbons (Fsp3) is 0.571. The molecule has 98 valence electrons. The quantitative estimate of drug-likeness (QED) is 0.805. The molecule has 0 saturated heterocycles. The maximum atomic E-state index is 13.6. The van der Waals surface area contributed by atoms with Crippen LogP contribution in [-0.4, -0.2) is 14.6 Å². The molecule has 0 unspecified atom stereocenters. The first-order valence-corrected chi connectivity index (χ1v) is 6.68. The Morgan fingerprint density at radius 2 is 1.94 bits per heavy atom. The van der Waals surface area contributed by atoms with Crippen molar-refractivity contribution in [1.82, 2.24) is 14.6 Å². The van der Waals surface area contributed by atoms with Crippen LogP contribution in [0.3, 0.4) is 0 Å². The lowest BCUT2D eigenvalue weighted by Gasteiger charge is -2.15. The SMILES string of the molecule is CCCC(CCC)c1cc(C)n2ncc(F)c2n1. The van der Waals surface area contributed by atoms with Crippen molar-refractivity contribution < 1.29 is 4.39 Å². The molecular weight excluding hydrogens is 229 g/mol. The number of aryl methyl sites for hydroxylation is 1. The lowest BCUT2D eigenvalue weighted by molar-refractivity contribution is 0.546. The fourth-order valence-electron chi connectivity index (χ4n) is 2.46. The molecule has 0 aliphatic carbocycles. The number of nitrogens with zero attached hydrogens (tertiary/aromatic N) is 3. The first-order chi connectivity index (χ1) is 8.67. The van der Waals surface area contributed by atoms with Crippen LogP contribution in [-0.2, 0) is 0 Å². The molecule has 2 aromatic rings. The van der Waals surface area contributed by atoms with E-state index in [-0.39, 0.29) is 5.82 Å². The molecule has 0 bridgehead atoms. The normalized spacial score (nSPS) is 11.6. The van der Waals surface area contributed by atoms with E-state index in [1.165, 1.54) is 6.20 Å². The van der Waals surface area contributed by atoms with Crippen LogP contribution in [0.2, 0.25) is 0 Å². The molecule has 0 aliphatic heterocycles. The molecule has 0 aliphatic rings. The number of halogens is 1. The lowest BCUT2D eigenvalue weighted by Crippen LogP contribution is -2.06. The second-order valence-corrected chi connectivity index (χ2v) is 4.82. The Hall–Kier alpha value is -1.45. The van der Waals surface area contributed by atoms with Crippen LogP contribution >= 0.6 is 0 Å². The molecule has 0 saturated carbocycles. The van der Waals surface area contributed by atoms with Crippen LogP contribution in [0.15, 0.2) is 12.3 Å². The summed E-state index contributed by atoms with van der Waals surface area (Å²) in [7, 11) is 0. The molecule has 18 heavy (non-hydrogen) atoms. The van der Waals surface area contributed by atoms with Crippen molar-refractivity contribution in [2.24, 2.45) is 0 Å². The minimum Gasteiger partial charge on any atom is -0.231 e. The van der Waals surface area contributed by atoms with Gasteiger partial charge in [0, 0.05) is 17.3 Å². The Balaban J connectivity index is 2.45. The van der Waals surface area contributed by atoms with Crippen LogP contribution < -0.4 is 0 Å². The summed E-state index contributed by atoms with van der Waals surface area (Å²) < 4.78 is 15.2. The molecule has 0 aromatic carbocycles. The number of rotatable bonds is 5. The standard InChI is InChI=1S/C14H20FN3/c1-4-6-11(7-5-2)13-8-10(3)18-14(17-13)12(15)9-16-18/h8-9,11H,4-7H2,1-3H3. The smallest absolute Gasteiger partial charge is 0.191 e. The highest BCUT2D eigenvalue weighted by molar-refractivity contribution is 5.41. The summed E-state index contributed by atoms with van der Waals surface area (Å²) in [6.07, 6.45) is 5.68. The molecule has 0 amide bonds. The zero-order chi connectivity index (χ0) is 13.1. The van der Waals surface area contributed by atoms with Gasteiger partial charge in [0.15, 0.2) is 11.5 Å². The van der Waals surface area contributed by atoms with Gasteiger partial charge >= 0.3 is 0 Å². The van der Waals surface area contributed by atoms with Gasteiger partial charge in [0.25, 0.3) is 0 Å². The predicted molar refractivity (Wildman–Crippen MR) is 70.2 cm³/mol. The van der Waals surface area contributed by atoms with E-state index >= 15 is 0 Å². The van der Waals surface area contributed by atoms with Gasteiger partial charge in [-0.1, -0.05) is 26.7 Å². The maximum absolute atomic E-state index is 13.6. The Morgan fingerprint density at radius 3 is 2.56 bits per heavy atom. The van der Waals surface area contributed by atoms with Gasteiger partial charge in [-0.15, -0.1) is 0 Å². The number of hydrogen-bond donors (Lipinski definition) is 0. The minimum absolute atomic E-state index is 0.341. The molecule has 2 aromatic heterocycles. The van der Waals surface area contributed by atoms with Gasteiger partial charge in [0.1, 0.15) is 0 Å². The van der Waals surface area contributed by atoms with E-state index in [9.17, 15) is 4.39 Å². The summed E-state index contributed by atoms with van der Waals surface area (Å²) in [4.78, 5) is 4.46. The zero-order valence-corrected chi connectivity index (χ0v) is 11.3. The van der Waals surface area contributed by atoms with Gasteiger partial charge in [-0.05, 0) is 25.8 Å². The molecular formula is C14H20FN3. The van der Waals surface area contributed by atoms with Crippen molar-refractivity contribution in [3.05, 3.63) is 29.5 Å². The van der Waals surface area contributed by atoms with Gasteiger partial charge in [-0.2, -0.15) is 5.10 Å². The van der Waals surface area contributed by atoms with Gasteiger partial charge in [0.2, 0.25) is 0 Å². The van der Waals surface area contributed by atoms with Gasteiger partial charge in [-0.25, -0.2) is 13.9 Å². The molecule has 0 N–H and O–H groups in total. The van der Waals surface area contributed by atoms with E-state index in [1.54, 1.807) is 4.52 Å². The minimum atomic E-state index is -0.341. The first kappa shape index (κ1) is 13.0. The maximum Gasteiger partial charge on any atom is 0.191 e. The third kappa shape index (κ3) is 2.37. The molecule has 4 heteroatoms. The largest absolute Gasteiger partial charge is 0.231 e. The predicted octanol–water partition coefficient (Wildman–Crippen LogP) is 3.86. The molecule has 0 atom stereocenters. The van der Waals surface area contributed by atoms with Crippen LogP contribution in [0, 0.1) is 12.7 Å². The lowest BCUT2D eigenvalue weighted by atomic mass is 9.94. The average Bonchev–Trinajstić information content (AvgIpc) is 2.72.